The summed E-state index contributed by atoms with van der Waals surface area (Å²) in [6.45, 7) is 0.0465. The minimum atomic E-state index is -1.03. The highest BCUT2D eigenvalue weighted by Gasteiger charge is 2.40. The van der Waals surface area contributed by atoms with E-state index >= 15 is 0 Å². The summed E-state index contributed by atoms with van der Waals surface area (Å²) in [6.07, 6.45) is 2.46. The Bertz CT molecular complexity index is 1050. The number of rotatable bonds is 9. The molecule has 4 rings (SSSR count). The number of benzene rings is 2. The molecule has 2 aromatic rings. The van der Waals surface area contributed by atoms with Crippen LogP contribution in [0.15, 0.2) is 54.6 Å². The van der Waals surface area contributed by atoms with Crippen LogP contribution in [-0.4, -0.2) is 46.5 Å². The number of carbonyl (C=O) groups excluding carboxylic acids is 4. The number of Topliss-reactive ketones (excluding diaryl/α,β-unsaturated/α-hetero) is 1. The number of hydrogen-bond donors (Lipinski definition) is 2. The first-order chi connectivity index (χ1) is 15.9. The van der Waals surface area contributed by atoms with Crippen LogP contribution in [0.2, 0.25) is 5.02 Å². The minimum Gasteiger partial charge on any atom is -0.347 e. The van der Waals surface area contributed by atoms with Gasteiger partial charge in [0, 0.05) is 30.5 Å². The van der Waals surface area contributed by atoms with Gasteiger partial charge in [-0.15, -0.1) is 0 Å². The Morgan fingerprint density at radius 1 is 1.03 bits per heavy atom. The highest BCUT2D eigenvalue weighted by molar-refractivity contribution is 6.38. The SMILES string of the molecule is O=C1CCC(C(=O)N(Cc2ccccc2Cl)C(Cc2ccccc2)C(=O)C(=O)NC2CC2)N1. The third kappa shape index (κ3) is 5.79. The molecule has 2 fully saturated rings. The molecule has 2 aliphatic rings. The van der Waals surface area contributed by atoms with Crippen molar-refractivity contribution in [3.8, 4) is 0 Å². The van der Waals surface area contributed by atoms with E-state index < -0.39 is 29.7 Å². The van der Waals surface area contributed by atoms with Crippen molar-refractivity contribution in [1.82, 2.24) is 15.5 Å². The fourth-order valence-electron chi connectivity index (χ4n) is 3.97. The number of nitrogens with one attached hydrogen (secondary N) is 2. The highest BCUT2D eigenvalue weighted by atomic mass is 35.5. The quantitative estimate of drug-likeness (QED) is 0.553. The second kappa shape index (κ2) is 10.2. The lowest BCUT2D eigenvalue weighted by molar-refractivity contribution is -0.147. The summed E-state index contributed by atoms with van der Waals surface area (Å²) in [5.41, 5.74) is 1.48. The standard InChI is InChI=1S/C25H26ClN3O4/c26-19-9-5-4-8-17(19)15-29(25(33)20-12-13-22(30)28-20)21(14-16-6-2-1-3-7-16)23(31)24(32)27-18-10-11-18/h1-9,18,20-21H,10-15H2,(H,27,32)(H,28,30). The Balaban J connectivity index is 1.68. The van der Waals surface area contributed by atoms with Crippen molar-refractivity contribution in [2.75, 3.05) is 0 Å². The summed E-state index contributed by atoms with van der Waals surface area (Å²) < 4.78 is 0. The Morgan fingerprint density at radius 2 is 1.73 bits per heavy atom. The summed E-state index contributed by atoms with van der Waals surface area (Å²) in [4.78, 5) is 52.9. The largest absolute Gasteiger partial charge is 0.347 e. The van der Waals surface area contributed by atoms with Gasteiger partial charge in [-0.05, 0) is 36.5 Å². The van der Waals surface area contributed by atoms with Gasteiger partial charge in [-0.3, -0.25) is 19.2 Å². The summed E-state index contributed by atoms with van der Waals surface area (Å²) in [5.74, 6) is -1.96. The Labute approximate surface area is 197 Å². The smallest absolute Gasteiger partial charge is 0.289 e. The zero-order chi connectivity index (χ0) is 23.4. The maximum atomic E-state index is 13.6. The van der Waals surface area contributed by atoms with Crippen LogP contribution in [0, 0.1) is 0 Å². The van der Waals surface area contributed by atoms with Crippen LogP contribution >= 0.6 is 11.6 Å². The molecule has 2 atom stereocenters. The molecular formula is C25H26ClN3O4. The van der Waals surface area contributed by atoms with Crippen LogP contribution in [0.25, 0.3) is 0 Å². The first-order valence-electron chi connectivity index (χ1n) is 11.1. The summed E-state index contributed by atoms with van der Waals surface area (Å²) in [7, 11) is 0. The number of amides is 3. The first kappa shape index (κ1) is 23.0. The van der Waals surface area contributed by atoms with Crippen molar-refractivity contribution in [2.24, 2.45) is 0 Å². The van der Waals surface area contributed by atoms with Gasteiger partial charge in [0.2, 0.25) is 17.6 Å². The molecule has 8 heteroatoms. The van der Waals surface area contributed by atoms with Gasteiger partial charge in [-0.2, -0.15) is 0 Å². The third-order valence-electron chi connectivity index (χ3n) is 5.96. The summed E-state index contributed by atoms with van der Waals surface area (Å²) in [6, 6.07) is 14.6. The average molecular weight is 468 g/mol. The van der Waals surface area contributed by atoms with E-state index in [4.69, 9.17) is 11.6 Å². The average Bonchev–Trinajstić information content (AvgIpc) is 3.53. The molecule has 172 valence electrons. The van der Waals surface area contributed by atoms with E-state index in [2.05, 4.69) is 10.6 Å². The second-order valence-electron chi connectivity index (χ2n) is 8.53. The van der Waals surface area contributed by atoms with Gasteiger partial charge in [0.15, 0.2) is 0 Å². The second-order valence-corrected chi connectivity index (χ2v) is 8.94. The minimum absolute atomic E-state index is 0.0145. The van der Waals surface area contributed by atoms with Crippen LogP contribution in [-0.2, 0) is 32.1 Å². The number of halogens is 1. The molecule has 0 bridgehead atoms. The molecule has 3 amide bonds. The van der Waals surface area contributed by atoms with E-state index in [-0.39, 0.29) is 31.3 Å². The van der Waals surface area contributed by atoms with Gasteiger partial charge in [-0.1, -0.05) is 60.1 Å². The first-order valence-corrected chi connectivity index (χ1v) is 11.5. The maximum absolute atomic E-state index is 13.6. The van der Waals surface area contributed by atoms with E-state index in [0.717, 1.165) is 18.4 Å². The van der Waals surface area contributed by atoms with Crippen LogP contribution in [0.1, 0.15) is 36.8 Å². The third-order valence-corrected chi connectivity index (χ3v) is 6.33. The molecule has 33 heavy (non-hydrogen) atoms. The van der Waals surface area contributed by atoms with Crippen LogP contribution in [0.3, 0.4) is 0 Å². The number of nitrogens with zero attached hydrogens (tertiary/aromatic N) is 1. The van der Waals surface area contributed by atoms with Crippen molar-refractivity contribution >= 4 is 35.1 Å². The molecule has 1 heterocycles. The monoisotopic (exact) mass is 467 g/mol. The number of ketones is 1. The van der Waals surface area contributed by atoms with Gasteiger partial charge in [0.1, 0.15) is 12.1 Å². The molecule has 0 radical (unpaired) electrons. The molecule has 2 unspecified atom stereocenters. The van der Waals surface area contributed by atoms with Gasteiger partial charge in [0.05, 0.1) is 0 Å². The molecule has 1 aliphatic carbocycles. The van der Waals surface area contributed by atoms with Crippen LogP contribution < -0.4 is 10.6 Å². The molecule has 1 saturated carbocycles. The maximum Gasteiger partial charge on any atom is 0.289 e. The van der Waals surface area contributed by atoms with Crippen molar-refractivity contribution in [3.63, 3.8) is 0 Å². The molecule has 2 aromatic carbocycles. The predicted octanol–water partition coefficient (Wildman–Crippen LogP) is 2.41. The lowest BCUT2D eigenvalue weighted by Gasteiger charge is -2.33. The van der Waals surface area contributed by atoms with E-state index in [0.29, 0.717) is 17.0 Å². The normalized spacial score (nSPS) is 18.3. The Morgan fingerprint density at radius 3 is 2.36 bits per heavy atom. The Kier molecular flexibility index (Phi) is 7.08. The van der Waals surface area contributed by atoms with Crippen molar-refractivity contribution in [2.45, 2.75) is 56.8 Å². The van der Waals surface area contributed by atoms with Gasteiger partial charge >= 0.3 is 0 Å². The van der Waals surface area contributed by atoms with Crippen molar-refractivity contribution in [3.05, 3.63) is 70.7 Å². The van der Waals surface area contributed by atoms with Gasteiger partial charge < -0.3 is 15.5 Å². The molecule has 2 N–H and O–H groups in total. The van der Waals surface area contributed by atoms with E-state index in [1.165, 1.54) is 4.90 Å². The number of carbonyl (C=O) groups is 4. The molecular weight excluding hydrogens is 442 g/mol. The summed E-state index contributed by atoms with van der Waals surface area (Å²) in [5, 5.41) is 5.89. The van der Waals surface area contributed by atoms with Crippen molar-refractivity contribution in [1.29, 1.82) is 0 Å². The fraction of sp³-hybridized carbons (Fsp3) is 0.360. The van der Waals surface area contributed by atoms with Crippen LogP contribution in [0.5, 0.6) is 0 Å². The lowest BCUT2D eigenvalue weighted by Crippen LogP contribution is -2.55. The molecule has 1 saturated heterocycles. The fourth-order valence-corrected chi connectivity index (χ4v) is 4.16. The van der Waals surface area contributed by atoms with E-state index in [1.54, 1.807) is 24.3 Å². The molecule has 7 nitrogen and oxygen atoms in total. The number of hydrogen-bond acceptors (Lipinski definition) is 4. The van der Waals surface area contributed by atoms with E-state index in [9.17, 15) is 19.2 Å². The van der Waals surface area contributed by atoms with Crippen molar-refractivity contribution < 1.29 is 19.2 Å². The molecule has 0 spiro atoms. The predicted molar refractivity (Wildman–Crippen MR) is 123 cm³/mol. The van der Waals surface area contributed by atoms with E-state index in [1.807, 2.05) is 30.3 Å². The zero-order valence-electron chi connectivity index (χ0n) is 18.1. The molecule has 0 aromatic heterocycles. The Hall–Kier alpha value is -3.19. The lowest BCUT2D eigenvalue weighted by atomic mass is 9.98. The van der Waals surface area contributed by atoms with Gasteiger partial charge in [0.25, 0.3) is 5.91 Å². The zero-order valence-corrected chi connectivity index (χ0v) is 18.9. The van der Waals surface area contributed by atoms with Gasteiger partial charge in [-0.25, -0.2) is 0 Å². The van der Waals surface area contributed by atoms with Crippen LogP contribution in [0.4, 0.5) is 0 Å². The summed E-state index contributed by atoms with van der Waals surface area (Å²) >= 11 is 6.37. The topological polar surface area (TPSA) is 95.6 Å². The molecule has 1 aliphatic heterocycles. The highest BCUT2D eigenvalue weighted by Crippen LogP contribution is 2.24.